The Morgan fingerprint density at radius 1 is 1.59 bits per heavy atom. The van der Waals surface area contributed by atoms with Gasteiger partial charge in [0.05, 0.1) is 13.0 Å². The molecular formula is C13H16O4. The number of aliphatic carboxylic acids is 1. The van der Waals surface area contributed by atoms with Crippen LogP contribution in [0.15, 0.2) is 12.1 Å². The minimum atomic E-state index is -0.834. The van der Waals surface area contributed by atoms with E-state index in [0.717, 1.165) is 23.3 Å². The van der Waals surface area contributed by atoms with Crippen molar-refractivity contribution in [3.05, 3.63) is 23.3 Å². The Balaban J connectivity index is 2.45. The van der Waals surface area contributed by atoms with Gasteiger partial charge in [-0.1, -0.05) is 6.07 Å². The highest BCUT2D eigenvalue weighted by atomic mass is 16.5. The molecule has 2 unspecified atom stereocenters. The molecule has 4 heteroatoms. The number of carbonyl (C=O) groups is 1. The average molecular weight is 236 g/mol. The third kappa shape index (κ3) is 2.07. The van der Waals surface area contributed by atoms with Crippen molar-refractivity contribution in [2.45, 2.75) is 32.3 Å². The minimum absolute atomic E-state index is 0.120. The van der Waals surface area contributed by atoms with Crippen molar-refractivity contribution in [2.24, 2.45) is 0 Å². The number of fused-ring (bicyclic) bond motifs is 1. The fourth-order valence-corrected chi connectivity index (χ4v) is 2.07. The van der Waals surface area contributed by atoms with Gasteiger partial charge in [-0.2, -0.15) is 0 Å². The van der Waals surface area contributed by atoms with Crippen LogP contribution in [0.2, 0.25) is 0 Å². The first kappa shape index (κ1) is 11.8. The lowest BCUT2D eigenvalue weighted by Gasteiger charge is -2.12. The van der Waals surface area contributed by atoms with Gasteiger partial charge in [-0.3, -0.25) is 4.79 Å². The molecule has 0 aromatic heterocycles. The SMILES string of the molecule is COc1cc(C(C)C(=O)O)cc2c1OC(C)C2. The molecule has 0 fully saturated rings. The summed E-state index contributed by atoms with van der Waals surface area (Å²) in [6.45, 7) is 3.66. The molecule has 0 bridgehead atoms. The van der Waals surface area contributed by atoms with Crippen molar-refractivity contribution >= 4 is 5.97 Å². The summed E-state index contributed by atoms with van der Waals surface area (Å²) in [5.41, 5.74) is 1.78. The summed E-state index contributed by atoms with van der Waals surface area (Å²) in [6.07, 6.45) is 0.917. The fourth-order valence-electron chi connectivity index (χ4n) is 2.07. The third-order valence-electron chi connectivity index (χ3n) is 3.07. The van der Waals surface area contributed by atoms with Crippen molar-refractivity contribution in [1.82, 2.24) is 0 Å². The monoisotopic (exact) mass is 236 g/mol. The average Bonchev–Trinajstić information content (AvgIpc) is 2.66. The lowest BCUT2D eigenvalue weighted by Crippen LogP contribution is -2.08. The summed E-state index contributed by atoms with van der Waals surface area (Å²) in [5, 5.41) is 9.03. The predicted molar refractivity (Wildman–Crippen MR) is 62.8 cm³/mol. The molecule has 0 spiro atoms. The molecule has 1 aliphatic heterocycles. The molecule has 2 atom stereocenters. The number of hydrogen-bond donors (Lipinski definition) is 1. The first-order chi connectivity index (χ1) is 8.02. The molecule has 4 nitrogen and oxygen atoms in total. The topological polar surface area (TPSA) is 55.8 Å². The van der Waals surface area contributed by atoms with E-state index >= 15 is 0 Å². The van der Waals surface area contributed by atoms with Gasteiger partial charge in [0.2, 0.25) is 0 Å². The lowest BCUT2D eigenvalue weighted by molar-refractivity contribution is -0.138. The summed E-state index contributed by atoms with van der Waals surface area (Å²) >= 11 is 0. The number of hydrogen-bond acceptors (Lipinski definition) is 3. The molecule has 17 heavy (non-hydrogen) atoms. The van der Waals surface area contributed by atoms with Gasteiger partial charge < -0.3 is 14.6 Å². The maximum atomic E-state index is 11.0. The van der Waals surface area contributed by atoms with E-state index in [9.17, 15) is 4.79 Å². The summed E-state index contributed by atoms with van der Waals surface area (Å²) in [6, 6.07) is 3.65. The maximum Gasteiger partial charge on any atom is 0.310 e. The summed E-state index contributed by atoms with van der Waals surface area (Å²) in [5.74, 6) is 0.000335. The number of carboxylic acids is 1. The molecule has 1 N–H and O–H groups in total. The number of benzene rings is 1. The van der Waals surface area contributed by atoms with Gasteiger partial charge >= 0.3 is 5.97 Å². The quantitative estimate of drug-likeness (QED) is 0.874. The summed E-state index contributed by atoms with van der Waals surface area (Å²) < 4.78 is 10.9. The highest BCUT2D eigenvalue weighted by molar-refractivity contribution is 5.76. The van der Waals surface area contributed by atoms with E-state index in [-0.39, 0.29) is 6.10 Å². The molecule has 1 aromatic carbocycles. The molecule has 1 aromatic rings. The van der Waals surface area contributed by atoms with Gasteiger partial charge in [0.25, 0.3) is 0 Å². The van der Waals surface area contributed by atoms with Crippen molar-refractivity contribution in [2.75, 3.05) is 7.11 Å². The Morgan fingerprint density at radius 2 is 2.29 bits per heavy atom. The standard InChI is InChI=1S/C13H16O4/c1-7-4-10-5-9(8(2)13(14)15)6-11(16-3)12(10)17-7/h5-8H,4H2,1-3H3,(H,14,15). The van der Waals surface area contributed by atoms with Crippen LogP contribution in [0.5, 0.6) is 11.5 Å². The highest BCUT2D eigenvalue weighted by Gasteiger charge is 2.26. The molecular weight excluding hydrogens is 220 g/mol. The van der Waals surface area contributed by atoms with E-state index in [1.54, 1.807) is 20.1 Å². The van der Waals surface area contributed by atoms with E-state index in [0.29, 0.717) is 5.75 Å². The van der Waals surface area contributed by atoms with Crippen LogP contribution in [-0.4, -0.2) is 24.3 Å². The number of methoxy groups -OCH3 is 1. The van der Waals surface area contributed by atoms with Crippen molar-refractivity contribution in [1.29, 1.82) is 0 Å². The second-order valence-corrected chi connectivity index (χ2v) is 4.40. The Labute approximate surface area is 100 Å². The fraction of sp³-hybridized carbons (Fsp3) is 0.462. The number of ether oxygens (including phenoxy) is 2. The molecule has 1 heterocycles. The summed E-state index contributed by atoms with van der Waals surface area (Å²) in [7, 11) is 1.57. The second-order valence-electron chi connectivity index (χ2n) is 4.40. The molecule has 1 aliphatic rings. The predicted octanol–water partition coefficient (Wildman–Crippen LogP) is 2.21. The number of carboxylic acid groups (broad SMARTS) is 1. The first-order valence-electron chi connectivity index (χ1n) is 5.63. The van der Waals surface area contributed by atoms with Crippen molar-refractivity contribution < 1.29 is 19.4 Å². The Hall–Kier alpha value is -1.71. The van der Waals surface area contributed by atoms with Crippen LogP contribution >= 0.6 is 0 Å². The first-order valence-corrected chi connectivity index (χ1v) is 5.63. The van der Waals surface area contributed by atoms with Crippen LogP contribution in [0.1, 0.15) is 30.9 Å². The van der Waals surface area contributed by atoms with Gasteiger partial charge in [-0.15, -0.1) is 0 Å². The van der Waals surface area contributed by atoms with Gasteiger partial charge in [0, 0.05) is 12.0 Å². The zero-order chi connectivity index (χ0) is 12.6. The van der Waals surface area contributed by atoms with Gasteiger partial charge in [0.15, 0.2) is 11.5 Å². The molecule has 0 saturated heterocycles. The zero-order valence-corrected chi connectivity index (χ0v) is 10.2. The molecule has 0 saturated carbocycles. The minimum Gasteiger partial charge on any atom is -0.493 e. The Bertz CT molecular complexity index is 453. The van der Waals surface area contributed by atoms with Crippen molar-refractivity contribution in [3.63, 3.8) is 0 Å². The highest BCUT2D eigenvalue weighted by Crippen LogP contribution is 2.40. The van der Waals surface area contributed by atoms with Crippen LogP contribution < -0.4 is 9.47 Å². The van der Waals surface area contributed by atoms with E-state index in [4.69, 9.17) is 14.6 Å². The van der Waals surface area contributed by atoms with E-state index in [2.05, 4.69) is 0 Å². The molecule has 0 amide bonds. The summed E-state index contributed by atoms with van der Waals surface area (Å²) in [4.78, 5) is 11.0. The number of rotatable bonds is 3. The second kappa shape index (κ2) is 4.28. The van der Waals surface area contributed by atoms with Crippen LogP contribution in [0.25, 0.3) is 0 Å². The van der Waals surface area contributed by atoms with E-state index in [1.165, 1.54) is 0 Å². The van der Waals surface area contributed by atoms with E-state index in [1.807, 2.05) is 13.0 Å². The molecule has 92 valence electrons. The third-order valence-corrected chi connectivity index (χ3v) is 3.07. The smallest absolute Gasteiger partial charge is 0.310 e. The Kier molecular flexibility index (Phi) is 2.96. The molecule has 0 aliphatic carbocycles. The lowest BCUT2D eigenvalue weighted by atomic mass is 9.97. The van der Waals surface area contributed by atoms with E-state index < -0.39 is 11.9 Å². The maximum absolute atomic E-state index is 11.0. The molecule has 2 rings (SSSR count). The van der Waals surface area contributed by atoms with Gasteiger partial charge in [-0.25, -0.2) is 0 Å². The molecule has 0 radical (unpaired) electrons. The van der Waals surface area contributed by atoms with Crippen molar-refractivity contribution in [3.8, 4) is 11.5 Å². The van der Waals surface area contributed by atoms with Crippen LogP contribution in [0.4, 0.5) is 0 Å². The van der Waals surface area contributed by atoms with Crippen LogP contribution in [0.3, 0.4) is 0 Å². The largest absolute Gasteiger partial charge is 0.493 e. The van der Waals surface area contributed by atoms with Gasteiger partial charge in [-0.05, 0) is 25.5 Å². The normalized spacial score (nSPS) is 19.4. The zero-order valence-electron chi connectivity index (χ0n) is 10.2. The van der Waals surface area contributed by atoms with Crippen LogP contribution in [0, 0.1) is 0 Å². The van der Waals surface area contributed by atoms with Crippen LogP contribution in [-0.2, 0) is 11.2 Å². The Morgan fingerprint density at radius 3 is 2.88 bits per heavy atom. The van der Waals surface area contributed by atoms with Gasteiger partial charge in [0.1, 0.15) is 6.10 Å².